The number of nitrogens with zero attached hydrogens (tertiary/aromatic N) is 3. The quantitative estimate of drug-likeness (QED) is 0.699. The molecule has 0 bridgehead atoms. The van der Waals surface area contributed by atoms with Gasteiger partial charge in [0.1, 0.15) is 19.2 Å². The summed E-state index contributed by atoms with van der Waals surface area (Å²) < 4.78 is 66.0. The lowest BCUT2D eigenvalue weighted by Crippen LogP contribution is -2.17. The number of hydrogen-bond acceptors (Lipinski definition) is 6. The number of hydrogen-bond donors (Lipinski definition) is 0. The molecular weight excluding hydrogens is 393 g/mol. The lowest BCUT2D eigenvalue weighted by atomic mass is 10.0. The molecule has 0 unspecified atom stereocenters. The highest BCUT2D eigenvalue weighted by Gasteiger charge is 2.39. The first-order valence-electron chi connectivity index (χ1n) is 7.74. The van der Waals surface area contributed by atoms with E-state index in [1.807, 2.05) is 34.3 Å². The van der Waals surface area contributed by atoms with Crippen LogP contribution in [0.2, 0.25) is 0 Å². The minimum absolute atomic E-state index is 0.0376. The minimum Gasteiger partial charge on any atom is -0.417 e. The van der Waals surface area contributed by atoms with Crippen LogP contribution < -0.4 is 4.74 Å². The van der Waals surface area contributed by atoms with Crippen molar-refractivity contribution in [3.05, 3.63) is 11.3 Å². The van der Waals surface area contributed by atoms with Gasteiger partial charge in [0.05, 0.1) is 5.71 Å². The van der Waals surface area contributed by atoms with Crippen molar-refractivity contribution in [3.8, 4) is 5.88 Å². The molecule has 7 nitrogen and oxygen atoms in total. The number of aryl methyl sites for hydroxylation is 1. The summed E-state index contributed by atoms with van der Waals surface area (Å²) in [5, 5.41) is 6.94. The summed E-state index contributed by atoms with van der Waals surface area (Å²) in [7, 11) is 1.12. The Bertz CT molecular complexity index is 629. The topological polar surface area (TPSA) is 82.8 Å². The highest BCUT2D eigenvalue weighted by molar-refractivity contribution is 5.83. The first-order chi connectivity index (χ1) is 12.9. The predicted octanol–water partition coefficient (Wildman–Crippen LogP) is 3.79. The third-order valence-corrected chi connectivity index (χ3v) is 3.04. The molecule has 2 heterocycles. The highest BCUT2D eigenvalue weighted by Crippen LogP contribution is 2.35. The fourth-order valence-electron chi connectivity index (χ4n) is 2.21. The molecule has 0 spiro atoms. The van der Waals surface area contributed by atoms with Crippen LogP contribution in [0.15, 0.2) is 5.16 Å². The Morgan fingerprint density at radius 3 is 2.00 bits per heavy atom. The van der Waals surface area contributed by atoms with Crippen LogP contribution in [0, 0.1) is 0 Å². The van der Waals surface area contributed by atoms with Gasteiger partial charge in [-0.25, -0.2) is 4.68 Å². The zero-order valence-electron chi connectivity index (χ0n) is 16.3. The van der Waals surface area contributed by atoms with Gasteiger partial charge in [-0.1, -0.05) is 12.1 Å². The van der Waals surface area contributed by atoms with Crippen molar-refractivity contribution < 1.29 is 41.1 Å². The molecule has 0 aliphatic carbocycles. The second kappa shape index (κ2) is 12.0. The molecule has 0 fully saturated rings. The maximum Gasteiger partial charge on any atom is 0.435 e. The Labute approximate surface area is 159 Å². The summed E-state index contributed by atoms with van der Waals surface area (Å²) in [6, 6.07) is 0. The van der Waals surface area contributed by atoms with E-state index in [-0.39, 0.29) is 17.6 Å². The van der Waals surface area contributed by atoms with E-state index in [0.717, 1.165) is 19.2 Å². The summed E-state index contributed by atoms with van der Waals surface area (Å²) >= 11 is 0. The highest BCUT2D eigenvalue weighted by atomic mass is 19.4. The van der Waals surface area contributed by atoms with E-state index in [2.05, 4.69) is 15.0 Å². The molecule has 2 rings (SSSR count). The van der Waals surface area contributed by atoms with Crippen LogP contribution in [0.1, 0.15) is 45.4 Å². The predicted molar refractivity (Wildman–Crippen MR) is 91.4 cm³/mol. The Balaban J connectivity index is 0. The van der Waals surface area contributed by atoms with Gasteiger partial charge in [-0.15, -0.1) is 0 Å². The molecule has 0 radical (unpaired) electrons. The number of ether oxygens (including phenoxy) is 1. The number of carbonyl (C=O) groups is 2. The van der Waals surface area contributed by atoms with Crippen molar-refractivity contribution in [2.75, 3.05) is 0 Å². The number of halogens is 5. The van der Waals surface area contributed by atoms with Crippen molar-refractivity contribution >= 4 is 19.3 Å². The van der Waals surface area contributed by atoms with Gasteiger partial charge in [0.15, 0.2) is 5.69 Å². The average Bonchev–Trinajstić information content (AvgIpc) is 3.09. The fraction of sp³-hybridized carbons (Fsp3) is 0.625. The van der Waals surface area contributed by atoms with Gasteiger partial charge in [0, 0.05) is 19.0 Å². The summed E-state index contributed by atoms with van der Waals surface area (Å²) in [4.78, 5) is 21.0. The Morgan fingerprint density at radius 1 is 1.25 bits per heavy atom. The SMILES string of the molecule is C=O.C=O.CC1=NOC(C)(C)C1.CCc1c(C(F)(F)F)nn(C)c1OC(F)F. The van der Waals surface area contributed by atoms with Crippen molar-refractivity contribution in [2.45, 2.75) is 58.9 Å². The van der Waals surface area contributed by atoms with Crippen molar-refractivity contribution in [1.82, 2.24) is 9.78 Å². The Kier molecular flexibility index (Phi) is 11.9. The van der Waals surface area contributed by atoms with Crippen LogP contribution in [-0.4, -0.2) is 41.3 Å². The van der Waals surface area contributed by atoms with E-state index >= 15 is 0 Å². The monoisotopic (exact) mass is 417 g/mol. The number of oxime groups is 1. The van der Waals surface area contributed by atoms with Crippen molar-refractivity contribution in [2.24, 2.45) is 12.2 Å². The van der Waals surface area contributed by atoms with Gasteiger partial charge < -0.3 is 19.2 Å². The lowest BCUT2D eigenvalue weighted by Gasteiger charge is -2.12. The molecule has 0 saturated heterocycles. The molecule has 0 atom stereocenters. The molecular formula is C16H24F5N3O4. The fourth-order valence-corrected chi connectivity index (χ4v) is 2.21. The molecule has 28 heavy (non-hydrogen) atoms. The van der Waals surface area contributed by atoms with Gasteiger partial charge in [-0.2, -0.15) is 27.1 Å². The lowest BCUT2D eigenvalue weighted by molar-refractivity contribution is -0.142. The summed E-state index contributed by atoms with van der Waals surface area (Å²) in [5.41, 5.74) is -0.497. The smallest absolute Gasteiger partial charge is 0.417 e. The second-order valence-electron chi connectivity index (χ2n) is 5.84. The van der Waals surface area contributed by atoms with Crippen LogP contribution >= 0.6 is 0 Å². The molecule has 12 heteroatoms. The Morgan fingerprint density at radius 2 is 1.75 bits per heavy atom. The van der Waals surface area contributed by atoms with Crippen molar-refractivity contribution in [3.63, 3.8) is 0 Å². The van der Waals surface area contributed by atoms with Crippen LogP contribution in [-0.2, 0) is 34.1 Å². The van der Waals surface area contributed by atoms with Gasteiger partial charge >= 0.3 is 12.8 Å². The largest absolute Gasteiger partial charge is 0.435 e. The van der Waals surface area contributed by atoms with Crippen LogP contribution in [0.3, 0.4) is 0 Å². The third kappa shape index (κ3) is 8.91. The molecule has 1 aromatic rings. The zero-order valence-corrected chi connectivity index (χ0v) is 16.3. The summed E-state index contributed by atoms with van der Waals surface area (Å²) in [6.07, 6.45) is -3.80. The average molecular weight is 417 g/mol. The minimum atomic E-state index is -4.67. The number of rotatable bonds is 3. The molecule has 0 saturated carbocycles. The van der Waals surface area contributed by atoms with Crippen LogP contribution in [0.25, 0.3) is 0 Å². The molecule has 0 aromatic carbocycles. The van der Waals surface area contributed by atoms with Crippen LogP contribution in [0.5, 0.6) is 5.88 Å². The normalized spacial score (nSPS) is 14.3. The maximum absolute atomic E-state index is 12.4. The molecule has 0 N–H and O–H groups in total. The molecule has 1 aliphatic heterocycles. The zero-order chi connectivity index (χ0) is 22.7. The van der Waals surface area contributed by atoms with E-state index in [9.17, 15) is 22.0 Å². The standard InChI is InChI=1S/C8H9F5N2O.C6H11NO.2CH2O/c1-3-4-5(8(11,12)13)14-15(2)6(4)16-7(9)10;1-5-4-6(2,3)8-7-5;2*1-2/h7H,3H2,1-2H3;4H2,1-3H3;2*1H2. The molecule has 0 amide bonds. The van der Waals surface area contributed by atoms with E-state index in [4.69, 9.17) is 14.4 Å². The summed E-state index contributed by atoms with van der Waals surface area (Å²) in [6.45, 7) is 8.28. The number of alkyl halides is 5. The second-order valence-corrected chi connectivity index (χ2v) is 5.84. The first-order valence-corrected chi connectivity index (χ1v) is 7.74. The third-order valence-electron chi connectivity index (χ3n) is 3.04. The molecule has 162 valence electrons. The first kappa shape index (κ1) is 27.7. The van der Waals surface area contributed by atoms with Gasteiger partial charge in [-0.3, -0.25) is 0 Å². The van der Waals surface area contributed by atoms with Gasteiger partial charge in [-0.05, 0) is 27.2 Å². The van der Waals surface area contributed by atoms with Crippen LogP contribution in [0.4, 0.5) is 22.0 Å². The number of carbonyl (C=O) groups excluding carboxylic acids is 2. The van der Waals surface area contributed by atoms with E-state index < -0.39 is 24.4 Å². The van der Waals surface area contributed by atoms with E-state index in [1.165, 1.54) is 6.92 Å². The van der Waals surface area contributed by atoms with E-state index in [0.29, 0.717) is 4.68 Å². The van der Waals surface area contributed by atoms with Gasteiger partial charge in [0.25, 0.3) is 0 Å². The van der Waals surface area contributed by atoms with Crippen molar-refractivity contribution in [1.29, 1.82) is 0 Å². The maximum atomic E-state index is 12.4. The summed E-state index contributed by atoms with van der Waals surface area (Å²) in [5.74, 6) is -0.551. The van der Waals surface area contributed by atoms with Gasteiger partial charge in [0.2, 0.25) is 5.88 Å². The number of aromatic nitrogens is 2. The van der Waals surface area contributed by atoms with E-state index in [1.54, 1.807) is 0 Å². The molecule has 1 aromatic heterocycles. The molecule has 1 aliphatic rings. The Hall–Kier alpha value is -2.53.